The average Bonchev–Trinajstić information content (AvgIpc) is 3.47. The van der Waals surface area contributed by atoms with Crippen molar-refractivity contribution in [1.82, 2.24) is 4.98 Å². The number of rotatable bonds is 4. The topological polar surface area (TPSA) is 26.0 Å². The molecular formula is C30H26FNO. The maximum absolute atomic E-state index is 15.0. The first-order valence-corrected chi connectivity index (χ1v) is 11.8. The Morgan fingerprint density at radius 1 is 0.848 bits per heavy atom. The van der Waals surface area contributed by atoms with E-state index in [1.165, 1.54) is 36.8 Å². The first kappa shape index (κ1) is 20.2. The number of aromatic nitrogens is 1. The highest BCUT2D eigenvalue weighted by molar-refractivity contribution is 6.07. The highest BCUT2D eigenvalue weighted by Crippen LogP contribution is 2.36. The van der Waals surface area contributed by atoms with Crippen LogP contribution < -0.4 is 0 Å². The van der Waals surface area contributed by atoms with E-state index < -0.39 is 0 Å². The van der Waals surface area contributed by atoms with Crippen LogP contribution in [0.2, 0.25) is 0 Å². The number of benzene rings is 3. The molecule has 164 valence electrons. The largest absolute Gasteiger partial charge is 0.453 e. The first-order chi connectivity index (χ1) is 16.1. The quantitative estimate of drug-likeness (QED) is 0.283. The summed E-state index contributed by atoms with van der Waals surface area (Å²) in [6, 6.07) is 22.1. The summed E-state index contributed by atoms with van der Waals surface area (Å²) in [5.41, 5.74) is 7.35. The molecule has 1 aliphatic carbocycles. The number of furan rings is 1. The molecule has 2 heterocycles. The fourth-order valence-electron chi connectivity index (χ4n) is 5.22. The van der Waals surface area contributed by atoms with Gasteiger partial charge in [0.25, 0.3) is 0 Å². The van der Waals surface area contributed by atoms with E-state index >= 15 is 4.39 Å². The standard InChI is InChI=1S/C30H26FNO/c1-19-6-8-22(9-7-19)24-17-26-25-16-23(10-11-29(25)33-30(26)27(31)18-24)28-15-21(12-13-32-28)14-20-4-2-3-5-20/h6-13,15-18,20H,2-5,14H2,1H3. The summed E-state index contributed by atoms with van der Waals surface area (Å²) in [4.78, 5) is 4.64. The molecule has 0 bridgehead atoms. The van der Waals surface area contributed by atoms with Gasteiger partial charge in [-0.25, -0.2) is 4.39 Å². The summed E-state index contributed by atoms with van der Waals surface area (Å²) >= 11 is 0. The van der Waals surface area contributed by atoms with Gasteiger partial charge in [0.15, 0.2) is 11.4 Å². The fraction of sp³-hybridized carbons (Fsp3) is 0.233. The predicted octanol–water partition coefficient (Wildman–Crippen LogP) is 8.50. The van der Waals surface area contributed by atoms with Gasteiger partial charge in [0.2, 0.25) is 0 Å². The Kier molecular flexibility index (Phi) is 4.98. The van der Waals surface area contributed by atoms with E-state index in [9.17, 15) is 0 Å². The number of fused-ring (bicyclic) bond motifs is 3. The zero-order valence-corrected chi connectivity index (χ0v) is 18.8. The lowest BCUT2D eigenvalue weighted by atomic mass is 9.97. The van der Waals surface area contributed by atoms with Gasteiger partial charge in [-0.05, 0) is 78.4 Å². The van der Waals surface area contributed by atoms with Crippen LogP contribution in [0.4, 0.5) is 4.39 Å². The summed E-state index contributed by atoms with van der Waals surface area (Å²) in [6.45, 7) is 2.05. The number of aryl methyl sites for hydroxylation is 1. The molecule has 33 heavy (non-hydrogen) atoms. The van der Waals surface area contributed by atoms with Crippen molar-refractivity contribution in [2.45, 2.75) is 39.0 Å². The third-order valence-corrected chi connectivity index (χ3v) is 7.03. The van der Waals surface area contributed by atoms with Gasteiger partial charge in [0.1, 0.15) is 5.58 Å². The van der Waals surface area contributed by atoms with Gasteiger partial charge < -0.3 is 4.42 Å². The molecule has 2 aromatic heterocycles. The Labute approximate surface area is 193 Å². The van der Waals surface area contributed by atoms with E-state index in [0.29, 0.717) is 11.2 Å². The third kappa shape index (κ3) is 3.82. The monoisotopic (exact) mass is 435 g/mol. The van der Waals surface area contributed by atoms with E-state index in [0.717, 1.165) is 45.5 Å². The summed E-state index contributed by atoms with van der Waals surface area (Å²) in [6.07, 6.45) is 8.41. The maximum atomic E-state index is 15.0. The van der Waals surface area contributed by atoms with E-state index in [4.69, 9.17) is 4.42 Å². The van der Waals surface area contributed by atoms with Crippen molar-refractivity contribution in [3.8, 4) is 22.4 Å². The molecule has 0 aliphatic heterocycles. The zero-order chi connectivity index (χ0) is 22.4. The van der Waals surface area contributed by atoms with Gasteiger partial charge >= 0.3 is 0 Å². The van der Waals surface area contributed by atoms with Crippen molar-refractivity contribution in [1.29, 1.82) is 0 Å². The average molecular weight is 436 g/mol. The van der Waals surface area contributed by atoms with Crippen LogP contribution in [-0.2, 0) is 6.42 Å². The number of halogens is 1. The highest BCUT2D eigenvalue weighted by Gasteiger charge is 2.17. The Balaban J connectivity index is 1.43. The molecule has 0 radical (unpaired) electrons. The normalized spacial score (nSPS) is 14.5. The summed E-state index contributed by atoms with van der Waals surface area (Å²) in [5.74, 6) is 0.459. The number of hydrogen-bond acceptors (Lipinski definition) is 2. The van der Waals surface area contributed by atoms with Gasteiger partial charge in [0, 0.05) is 22.5 Å². The molecule has 6 rings (SSSR count). The van der Waals surface area contributed by atoms with Crippen LogP contribution in [0.15, 0.2) is 77.3 Å². The summed E-state index contributed by atoms with van der Waals surface area (Å²) in [5, 5.41) is 1.71. The van der Waals surface area contributed by atoms with Crippen molar-refractivity contribution in [3.63, 3.8) is 0 Å². The molecule has 2 nitrogen and oxygen atoms in total. The van der Waals surface area contributed by atoms with Crippen LogP contribution in [0, 0.1) is 18.7 Å². The molecule has 0 amide bonds. The smallest absolute Gasteiger partial charge is 0.171 e. The number of hydrogen-bond donors (Lipinski definition) is 0. The Bertz CT molecular complexity index is 1460. The van der Waals surface area contributed by atoms with E-state index in [-0.39, 0.29) is 5.82 Å². The minimum Gasteiger partial charge on any atom is -0.453 e. The lowest BCUT2D eigenvalue weighted by Crippen LogP contribution is -1.99. The molecule has 1 fully saturated rings. The summed E-state index contributed by atoms with van der Waals surface area (Å²) in [7, 11) is 0. The minimum atomic E-state index is -0.336. The zero-order valence-electron chi connectivity index (χ0n) is 18.8. The molecule has 3 aromatic carbocycles. The number of pyridine rings is 1. The van der Waals surface area contributed by atoms with Gasteiger partial charge in [-0.2, -0.15) is 0 Å². The lowest BCUT2D eigenvalue weighted by molar-refractivity contribution is 0.546. The van der Waals surface area contributed by atoms with Crippen molar-refractivity contribution in [3.05, 3.63) is 89.9 Å². The maximum Gasteiger partial charge on any atom is 0.171 e. The van der Waals surface area contributed by atoms with Crippen LogP contribution in [0.1, 0.15) is 36.8 Å². The molecule has 0 atom stereocenters. The highest BCUT2D eigenvalue weighted by atomic mass is 19.1. The molecule has 0 N–H and O–H groups in total. The SMILES string of the molecule is Cc1ccc(-c2cc(F)c3oc4ccc(-c5cc(CC6CCCC6)ccn5)cc4c3c2)cc1. The minimum absolute atomic E-state index is 0.306. The Morgan fingerprint density at radius 2 is 1.61 bits per heavy atom. The molecular weight excluding hydrogens is 409 g/mol. The third-order valence-electron chi connectivity index (χ3n) is 7.03. The van der Waals surface area contributed by atoms with Crippen molar-refractivity contribution in [2.75, 3.05) is 0 Å². The molecule has 5 aromatic rings. The van der Waals surface area contributed by atoms with Crippen LogP contribution in [0.3, 0.4) is 0 Å². The molecule has 1 aliphatic rings. The molecule has 0 saturated heterocycles. The van der Waals surface area contributed by atoms with Crippen molar-refractivity contribution in [2.24, 2.45) is 5.92 Å². The second-order valence-corrected chi connectivity index (χ2v) is 9.42. The van der Waals surface area contributed by atoms with Crippen molar-refractivity contribution < 1.29 is 8.81 Å². The first-order valence-electron chi connectivity index (χ1n) is 11.8. The lowest BCUT2D eigenvalue weighted by Gasteiger charge is -2.10. The fourth-order valence-corrected chi connectivity index (χ4v) is 5.22. The molecule has 0 unspecified atom stereocenters. The van der Waals surface area contributed by atoms with Crippen LogP contribution in [-0.4, -0.2) is 4.98 Å². The van der Waals surface area contributed by atoms with Gasteiger partial charge in [-0.3, -0.25) is 4.98 Å². The van der Waals surface area contributed by atoms with E-state index in [1.54, 1.807) is 6.07 Å². The number of nitrogens with zero attached hydrogens (tertiary/aromatic N) is 1. The van der Waals surface area contributed by atoms with E-state index in [2.05, 4.69) is 30.1 Å². The predicted molar refractivity (Wildman–Crippen MR) is 133 cm³/mol. The van der Waals surface area contributed by atoms with Crippen molar-refractivity contribution >= 4 is 21.9 Å². The summed E-state index contributed by atoms with van der Waals surface area (Å²) < 4.78 is 20.9. The second-order valence-electron chi connectivity index (χ2n) is 9.42. The Morgan fingerprint density at radius 3 is 2.42 bits per heavy atom. The van der Waals surface area contributed by atoms with Gasteiger partial charge in [0.05, 0.1) is 5.69 Å². The van der Waals surface area contributed by atoms with Crippen LogP contribution in [0.5, 0.6) is 0 Å². The van der Waals surface area contributed by atoms with E-state index in [1.807, 2.05) is 48.7 Å². The Hall–Kier alpha value is -3.46. The van der Waals surface area contributed by atoms with Crippen LogP contribution in [0.25, 0.3) is 44.3 Å². The second kappa shape index (κ2) is 8.15. The molecule has 3 heteroatoms. The van der Waals surface area contributed by atoms with Gasteiger partial charge in [-0.15, -0.1) is 0 Å². The molecule has 1 saturated carbocycles. The van der Waals surface area contributed by atoms with Gasteiger partial charge in [-0.1, -0.05) is 55.5 Å². The van der Waals surface area contributed by atoms with Crippen LogP contribution >= 0.6 is 0 Å². The molecule has 0 spiro atoms.